The number of rotatable bonds is 9. The highest BCUT2D eigenvalue weighted by atomic mass is 32.2. The summed E-state index contributed by atoms with van der Waals surface area (Å²) in [5.74, 6) is 0.0300. The number of halogens is 1. The molecule has 1 fully saturated rings. The van der Waals surface area contributed by atoms with Crippen LogP contribution in [0.15, 0.2) is 77.7 Å². The molecule has 1 saturated heterocycles. The summed E-state index contributed by atoms with van der Waals surface area (Å²) < 4.78 is 46.3. The summed E-state index contributed by atoms with van der Waals surface area (Å²) in [6, 6.07) is 18.5. The van der Waals surface area contributed by atoms with Gasteiger partial charge in [0.2, 0.25) is 0 Å². The fraction of sp³-hybridized carbons (Fsp3) is 0.269. The third-order valence-electron chi connectivity index (χ3n) is 6.06. The highest BCUT2D eigenvalue weighted by molar-refractivity contribution is 7.92. The molecule has 0 aromatic heterocycles. The van der Waals surface area contributed by atoms with Crippen LogP contribution in [0.3, 0.4) is 0 Å². The lowest BCUT2D eigenvalue weighted by Gasteiger charge is -2.29. The Morgan fingerprint density at radius 1 is 1.00 bits per heavy atom. The molecule has 3 aromatic rings. The van der Waals surface area contributed by atoms with Crippen molar-refractivity contribution >= 4 is 21.6 Å². The van der Waals surface area contributed by atoms with Crippen molar-refractivity contribution < 1.29 is 22.3 Å². The molecule has 0 aliphatic carbocycles. The van der Waals surface area contributed by atoms with Gasteiger partial charge in [0, 0.05) is 23.4 Å². The molecule has 4 rings (SSSR count). The van der Waals surface area contributed by atoms with Gasteiger partial charge in [-0.15, -0.1) is 0 Å². The zero-order chi connectivity index (χ0) is 24.8. The molecule has 1 amide bonds. The molecule has 0 spiro atoms. The van der Waals surface area contributed by atoms with E-state index in [-0.39, 0.29) is 22.5 Å². The molecular weight excluding hydrogens is 469 g/mol. The number of nitrogens with zero attached hydrogens (tertiary/aromatic N) is 1. The first kappa shape index (κ1) is 24.7. The lowest BCUT2D eigenvalue weighted by atomic mass is 10.0. The molecule has 1 aliphatic rings. The minimum Gasteiger partial charge on any atom is -0.496 e. The first-order valence-corrected chi connectivity index (χ1v) is 12.9. The van der Waals surface area contributed by atoms with Crippen LogP contribution in [0.4, 0.5) is 10.1 Å². The molecule has 184 valence electrons. The fourth-order valence-corrected chi connectivity index (χ4v) is 5.30. The molecule has 0 radical (unpaired) electrons. The maximum atomic E-state index is 13.1. The van der Waals surface area contributed by atoms with Gasteiger partial charge in [-0.1, -0.05) is 18.2 Å². The summed E-state index contributed by atoms with van der Waals surface area (Å²) in [6.07, 6.45) is 2.23. The van der Waals surface area contributed by atoms with Crippen molar-refractivity contribution in [2.24, 2.45) is 0 Å². The normalized spacial score (nSPS) is 14.9. The van der Waals surface area contributed by atoms with Crippen LogP contribution in [-0.2, 0) is 10.0 Å². The Labute approximate surface area is 205 Å². The van der Waals surface area contributed by atoms with E-state index in [1.807, 2.05) is 24.3 Å². The standard InChI is InChI=1S/C26H28FN3O4S/c1-34-25-7-3-2-6-23(25)24(30-16-4-5-17-30)18-28-26(31)19-8-14-22(15-9-19)35(32,33)29-21-12-10-20(27)11-13-21/h2-3,6-15,24,29H,4-5,16-18H2,1H3,(H,28,31)/t24-/m1/s1. The number of benzene rings is 3. The van der Waals surface area contributed by atoms with Crippen LogP contribution >= 0.6 is 0 Å². The first-order valence-electron chi connectivity index (χ1n) is 11.4. The Hall–Kier alpha value is -3.43. The zero-order valence-corrected chi connectivity index (χ0v) is 20.2. The number of amides is 1. The van der Waals surface area contributed by atoms with Gasteiger partial charge in [-0.25, -0.2) is 12.8 Å². The highest BCUT2D eigenvalue weighted by Crippen LogP contribution is 2.31. The Morgan fingerprint density at radius 2 is 1.66 bits per heavy atom. The SMILES string of the molecule is COc1ccccc1[C@@H](CNC(=O)c1ccc(S(=O)(=O)Nc2ccc(F)cc2)cc1)N1CCCC1. The van der Waals surface area contributed by atoms with Crippen LogP contribution in [-0.4, -0.2) is 46.0 Å². The quantitative estimate of drug-likeness (QED) is 0.463. The van der Waals surface area contributed by atoms with Gasteiger partial charge in [0.1, 0.15) is 11.6 Å². The van der Waals surface area contributed by atoms with Crippen LogP contribution in [0, 0.1) is 5.82 Å². The lowest BCUT2D eigenvalue weighted by molar-refractivity contribution is 0.0937. The van der Waals surface area contributed by atoms with E-state index in [1.54, 1.807) is 7.11 Å². The fourth-order valence-electron chi connectivity index (χ4n) is 4.24. The Kier molecular flexibility index (Phi) is 7.67. The number of ether oxygens (including phenoxy) is 1. The number of nitrogens with one attached hydrogen (secondary N) is 2. The summed E-state index contributed by atoms with van der Waals surface area (Å²) in [5.41, 5.74) is 1.62. The van der Waals surface area contributed by atoms with Gasteiger partial charge >= 0.3 is 0 Å². The van der Waals surface area contributed by atoms with Crippen molar-refractivity contribution in [3.05, 3.63) is 89.7 Å². The monoisotopic (exact) mass is 497 g/mol. The molecule has 7 nitrogen and oxygen atoms in total. The average molecular weight is 498 g/mol. The molecule has 0 bridgehead atoms. The molecule has 9 heteroatoms. The Balaban J connectivity index is 1.44. The third kappa shape index (κ3) is 5.98. The van der Waals surface area contributed by atoms with Crippen molar-refractivity contribution in [1.29, 1.82) is 0 Å². The average Bonchev–Trinajstić information content (AvgIpc) is 3.40. The van der Waals surface area contributed by atoms with Crippen LogP contribution in [0.1, 0.15) is 34.8 Å². The van der Waals surface area contributed by atoms with E-state index in [1.165, 1.54) is 48.5 Å². The van der Waals surface area contributed by atoms with E-state index in [4.69, 9.17) is 4.74 Å². The predicted molar refractivity (Wildman–Crippen MR) is 133 cm³/mol. The number of carbonyl (C=O) groups is 1. The molecule has 3 aromatic carbocycles. The van der Waals surface area contributed by atoms with Crippen molar-refractivity contribution in [3.8, 4) is 5.75 Å². The molecule has 1 heterocycles. The van der Waals surface area contributed by atoms with Crippen molar-refractivity contribution in [1.82, 2.24) is 10.2 Å². The first-order chi connectivity index (χ1) is 16.9. The van der Waals surface area contributed by atoms with Gasteiger partial charge < -0.3 is 10.1 Å². The number of likely N-dealkylation sites (tertiary alicyclic amines) is 1. The Bertz CT molecular complexity index is 1260. The zero-order valence-electron chi connectivity index (χ0n) is 19.4. The summed E-state index contributed by atoms with van der Waals surface area (Å²) in [6.45, 7) is 2.30. The smallest absolute Gasteiger partial charge is 0.261 e. The number of hydrogen-bond acceptors (Lipinski definition) is 5. The van der Waals surface area contributed by atoms with Crippen LogP contribution in [0.2, 0.25) is 0 Å². The minimum absolute atomic E-state index is 0.00217. The number of carbonyl (C=O) groups excluding carboxylic acids is 1. The van der Waals surface area contributed by atoms with E-state index in [0.29, 0.717) is 12.1 Å². The molecular formula is C26H28FN3O4S. The van der Waals surface area contributed by atoms with E-state index in [0.717, 1.165) is 37.2 Å². The van der Waals surface area contributed by atoms with E-state index >= 15 is 0 Å². The van der Waals surface area contributed by atoms with Gasteiger partial charge in [0.05, 0.1) is 18.0 Å². The number of hydrogen-bond donors (Lipinski definition) is 2. The summed E-state index contributed by atoms with van der Waals surface area (Å²) in [4.78, 5) is 15.2. The maximum absolute atomic E-state index is 13.1. The summed E-state index contributed by atoms with van der Waals surface area (Å²) >= 11 is 0. The number of sulfonamides is 1. The van der Waals surface area contributed by atoms with Gasteiger partial charge in [-0.05, 0) is 80.5 Å². The molecule has 35 heavy (non-hydrogen) atoms. The predicted octanol–water partition coefficient (Wildman–Crippen LogP) is 4.20. The topological polar surface area (TPSA) is 87.7 Å². The summed E-state index contributed by atoms with van der Waals surface area (Å²) in [7, 11) is -2.24. The van der Waals surface area contributed by atoms with Crippen molar-refractivity contribution in [2.75, 3.05) is 31.5 Å². The second-order valence-electron chi connectivity index (χ2n) is 8.35. The second-order valence-corrected chi connectivity index (χ2v) is 10.0. The Morgan fingerprint density at radius 3 is 2.31 bits per heavy atom. The summed E-state index contributed by atoms with van der Waals surface area (Å²) in [5, 5.41) is 2.99. The number of methoxy groups -OCH3 is 1. The van der Waals surface area contributed by atoms with Crippen LogP contribution in [0.5, 0.6) is 5.75 Å². The molecule has 2 N–H and O–H groups in total. The van der Waals surface area contributed by atoms with E-state index in [2.05, 4.69) is 14.9 Å². The van der Waals surface area contributed by atoms with Gasteiger partial charge in [0.25, 0.3) is 15.9 Å². The highest BCUT2D eigenvalue weighted by Gasteiger charge is 2.26. The number of para-hydroxylation sites is 1. The van der Waals surface area contributed by atoms with Crippen molar-refractivity contribution in [2.45, 2.75) is 23.8 Å². The number of anilines is 1. The molecule has 0 unspecified atom stereocenters. The van der Waals surface area contributed by atoms with Gasteiger partial charge in [-0.3, -0.25) is 14.4 Å². The van der Waals surface area contributed by atoms with Gasteiger partial charge in [-0.2, -0.15) is 0 Å². The molecule has 1 atom stereocenters. The second kappa shape index (κ2) is 10.9. The van der Waals surface area contributed by atoms with Crippen LogP contribution in [0.25, 0.3) is 0 Å². The lowest BCUT2D eigenvalue weighted by Crippen LogP contribution is -2.37. The van der Waals surface area contributed by atoms with Crippen LogP contribution < -0.4 is 14.8 Å². The molecule has 1 aliphatic heterocycles. The van der Waals surface area contributed by atoms with E-state index < -0.39 is 15.8 Å². The van der Waals surface area contributed by atoms with Gasteiger partial charge in [0.15, 0.2) is 0 Å². The van der Waals surface area contributed by atoms with E-state index in [9.17, 15) is 17.6 Å². The maximum Gasteiger partial charge on any atom is 0.261 e. The largest absolute Gasteiger partial charge is 0.496 e. The third-order valence-corrected chi connectivity index (χ3v) is 7.46. The van der Waals surface area contributed by atoms with Crippen molar-refractivity contribution in [3.63, 3.8) is 0 Å². The minimum atomic E-state index is -3.87. The molecule has 0 saturated carbocycles.